The van der Waals surface area contributed by atoms with Crippen molar-refractivity contribution < 1.29 is 18.3 Å². The summed E-state index contributed by atoms with van der Waals surface area (Å²) >= 11 is 0. The van der Waals surface area contributed by atoms with Gasteiger partial charge in [0.25, 0.3) is 0 Å². The molecule has 0 saturated carbocycles. The van der Waals surface area contributed by atoms with Crippen molar-refractivity contribution in [1.29, 1.82) is 0 Å². The summed E-state index contributed by atoms with van der Waals surface area (Å²) in [6.45, 7) is 5.14. The first-order valence-corrected chi connectivity index (χ1v) is 6.45. The second-order valence-electron chi connectivity index (χ2n) is 4.83. The van der Waals surface area contributed by atoms with Crippen LogP contribution in [0.25, 0.3) is 0 Å². The highest BCUT2D eigenvalue weighted by atomic mass is 32.2. The number of nitrogens with one attached hydrogen (secondary N) is 1. The lowest BCUT2D eigenvalue weighted by Crippen LogP contribution is -2.40. The standard InChI is InChI=1S/C10H16N2O4S/c1-10(2,3)11-17(15,16)7-5-8(9(13)14)12(4)6-7/h5-6,11H,1-4H3,(H,13,14). The molecule has 0 bridgehead atoms. The molecule has 0 unspecified atom stereocenters. The fourth-order valence-electron chi connectivity index (χ4n) is 1.36. The Morgan fingerprint density at radius 3 is 2.29 bits per heavy atom. The highest BCUT2D eigenvalue weighted by Crippen LogP contribution is 2.15. The molecule has 0 aliphatic carbocycles. The summed E-state index contributed by atoms with van der Waals surface area (Å²) in [6.07, 6.45) is 1.28. The van der Waals surface area contributed by atoms with Gasteiger partial charge >= 0.3 is 5.97 Å². The molecule has 2 N–H and O–H groups in total. The molecule has 0 fully saturated rings. The zero-order chi connectivity index (χ0) is 13.4. The second-order valence-corrected chi connectivity index (χ2v) is 6.52. The summed E-state index contributed by atoms with van der Waals surface area (Å²) in [6, 6.07) is 1.14. The third-order valence-corrected chi connectivity index (χ3v) is 3.67. The molecule has 7 heteroatoms. The molecule has 0 aliphatic rings. The van der Waals surface area contributed by atoms with Crippen molar-refractivity contribution in [3.05, 3.63) is 18.0 Å². The van der Waals surface area contributed by atoms with Gasteiger partial charge < -0.3 is 9.67 Å². The number of aromatic nitrogens is 1. The monoisotopic (exact) mass is 260 g/mol. The zero-order valence-electron chi connectivity index (χ0n) is 10.2. The van der Waals surface area contributed by atoms with E-state index in [1.807, 2.05) is 0 Å². The van der Waals surface area contributed by atoms with E-state index in [0.717, 1.165) is 6.07 Å². The van der Waals surface area contributed by atoms with Gasteiger partial charge in [-0.1, -0.05) is 0 Å². The second kappa shape index (κ2) is 4.15. The number of carbonyl (C=O) groups is 1. The molecule has 0 spiro atoms. The van der Waals surface area contributed by atoms with Gasteiger partial charge in [0.1, 0.15) is 10.6 Å². The Kier molecular flexibility index (Phi) is 3.35. The van der Waals surface area contributed by atoms with Gasteiger partial charge in [0.2, 0.25) is 10.0 Å². The maximum atomic E-state index is 11.9. The van der Waals surface area contributed by atoms with E-state index >= 15 is 0 Å². The number of carboxylic acids is 1. The van der Waals surface area contributed by atoms with Gasteiger partial charge in [0.05, 0.1) is 0 Å². The number of nitrogens with zero attached hydrogens (tertiary/aromatic N) is 1. The lowest BCUT2D eigenvalue weighted by Gasteiger charge is -2.19. The maximum absolute atomic E-state index is 11.9. The summed E-state index contributed by atoms with van der Waals surface area (Å²) < 4.78 is 27.6. The Balaban J connectivity index is 3.18. The van der Waals surface area contributed by atoms with E-state index in [1.165, 1.54) is 17.8 Å². The third-order valence-electron chi connectivity index (χ3n) is 1.95. The Morgan fingerprint density at radius 2 is 1.94 bits per heavy atom. The van der Waals surface area contributed by atoms with Crippen molar-refractivity contribution in [1.82, 2.24) is 9.29 Å². The fraction of sp³-hybridized carbons (Fsp3) is 0.500. The highest BCUT2D eigenvalue weighted by molar-refractivity contribution is 7.89. The smallest absolute Gasteiger partial charge is 0.352 e. The summed E-state index contributed by atoms with van der Waals surface area (Å²) in [5.41, 5.74) is -0.683. The predicted molar refractivity (Wildman–Crippen MR) is 62.4 cm³/mol. The molecular weight excluding hydrogens is 244 g/mol. The van der Waals surface area contributed by atoms with E-state index in [9.17, 15) is 13.2 Å². The van der Waals surface area contributed by atoms with Gasteiger partial charge in [0.15, 0.2) is 0 Å². The van der Waals surface area contributed by atoms with E-state index < -0.39 is 21.5 Å². The molecule has 0 aromatic carbocycles. The lowest BCUT2D eigenvalue weighted by molar-refractivity contribution is 0.0686. The summed E-state index contributed by atoms with van der Waals surface area (Å²) in [4.78, 5) is 10.8. The molecule has 0 aliphatic heterocycles. The normalized spacial score (nSPS) is 12.7. The fourth-order valence-corrected chi connectivity index (χ4v) is 2.84. The van der Waals surface area contributed by atoms with Crippen LogP contribution in [0.15, 0.2) is 17.2 Å². The molecule has 1 aromatic heterocycles. The molecule has 17 heavy (non-hydrogen) atoms. The third kappa shape index (κ3) is 3.31. The topological polar surface area (TPSA) is 88.4 Å². The van der Waals surface area contributed by atoms with E-state index in [1.54, 1.807) is 20.8 Å². The van der Waals surface area contributed by atoms with Crippen LogP contribution in [0, 0.1) is 0 Å². The van der Waals surface area contributed by atoms with Gasteiger partial charge in [-0.25, -0.2) is 17.9 Å². The largest absolute Gasteiger partial charge is 0.477 e. The molecule has 1 aromatic rings. The van der Waals surface area contributed by atoms with Crippen molar-refractivity contribution in [2.24, 2.45) is 7.05 Å². The molecule has 0 radical (unpaired) electrons. The van der Waals surface area contributed by atoms with Gasteiger partial charge in [-0.15, -0.1) is 0 Å². The quantitative estimate of drug-likeness (QED) is 0.841. The van der Waals surface area contributed by atoms with Crippen molar-refractivity contribution in [3.63, 3.8) is 0 Å². The zero-order valence-corrected chi connectivity index (χ0v) is 11.0. The minimum Gasteiger partial charge on any atom is -0.477 e. The van der Waals surface area contributed by atoms with E-state index in [0.29, 0.717) is 0 Å². The molecular formula is C10H16N2O4S. The molecule has 0 saturated heterocycles. The number of rotatable bonds is 3. The van der Waals surface area contributed by atoms with Gasteiger partial charge in [0, 0.05) is 18.8 Å². The molecule has 0 atom stereocenters. The van der Waals surface area contributed by atoms with E-state index in [2.05, 4.69) is 4.72 Å². The molecule has 1 rings (SSSR count). The van der Waals surface area contributed by atoms with Gasteiger partial charge in [-0.3, -0.25) is 0 Å². The number of sulfonamides is 1. The van der Waals surface area contributed by atoms with Crippen LogP contribution in [0.4, 0.5) is 0 Å². The van der Waals surface area contributed by atoms with Crippen LogP contribution in [-0.2, 0) is 17.1 Å². The Hall–Kier alpha value is -1.34. The lowest BCUT2D eigenvalue weighted by atomic mass is 10.1. The van der Waals surface area contributed by atoms with E-state index in [-0.39, 0.29) is 10.6 Å². The minimum atomic E-state index is -3.69. The number of hydrogen-bond acceptors (Lipinski definition) is 3. The van der Waals surface area contributed by atoms with Crippen LogP contribution in [0.2, 0.25) is 0 Å². The van der Waals surface area contributed by atoms with Crippen molar-refractivity contribution >= 4 is 16.0 Å². The first-order valence-electron chi connectivity index (χ1n) is 4.96. The molecule has 0 amide bonds. The summed E-state index contributed by atoms with van der Waals surface area (Å²) in [5, 5.41) is 8.84. The average Bonchev–Trinajstić information content (AvgIpc) is 2.43. The van der Waals surface area contributed by atoms with Crippen molar-refractivity contribution in [2.45, 2.75) is 31.2 Å². The first kappa shape index (κ1) is 13.7. The number of aromatic carboxylic acids is 1. The molecule has 96 valence electrons. The van der Waals surface area contributed by atoms with Crippen molar-refractivity contribution in [2.75, 3.05) is 0 Å². The summed E-state index contributed by atoms with van der Waals surface area (Å²) in [5.74, 6) is -1.16. The Morgan fingerprint density at radius 1 is 1.41 bits per heavy atom. The maximum Gasteiger partial charge on any atom is 0.352 e. The number of carboxylic acid groups (broad SMARTS) is 1. The highest BCUT2D eigenvalue weighted by Gasteiger charge is 2.24. The van der Waals surface area contributed by atoms with Crippen LogP contribution >= 0.6 is 0 Å². The number of hydrogen-bond donors (Lipinski definition) is 2. The average molecular weight is 260 g/mol. The van der Waals surface area contributed by atoms with Crippen molar-refractivity contribution in [3.8, 4) is 0 Å². The van der Waals surface area contributed by atoms with Gasteiger partial charge in [-0.05, 0) is 26.8 Å². The molecule has 1 heterocycles. The summed E-state index contributed by atoms with van der Waals surface area (Å²) in [7, 11) is -2.20. The van der Waals surface area contributed by atoms with Crippen LogP contribution in [0.5, 0.6) is 0 Å². The SMILES string of the molecule is Cn1cc(S(=O)(=O)NC(C)(C)C)cc1C(=O)O. The minimum absolute atomic E-state index is 0.0488. The Bertz CT molecular complexity index is 537. The van der Waals surface area contributed by atoms with Crippen LogP contribution in [0.1, 0.15) is 31.3 Å². The Labute approximate surface area is 100 Å². The van der Waals surface area contributed by atoms with Crippen LogP contribution < -0.4 is 4.72 Å². The van der Waals surface area contributed by atoms with Gasteiger partial charge in [-0.2, -0.15) is 0 Å². The first-order chi connectivity index (χ1) is 7.53. The number of aryl methyl sites for hydroxylation is 1. The van der Waals surface area contributed by atoms with E-state index in [4.69, 9.17) is 5.11 Å². The van der Waals surface area contributed by atoms with Crippen LogP contribution in [0.3, 0.4) is 0 Å². The molecule has 6 nitrogen and oxygen atoms in total. The predicted octanol–water partition coefficient (Wildman–Crippen LogP) is 0.800. The van der Waals surface area contributed by atoms with Crippen LogP contribution in [-0.4, -0.2) is 29.6 Å².